The monoisotopic (exact) mass is 508 g/mol. The van der Waals surface area contributed by atoms with Crippen molar-refractivity contribution in [3.05, 3.63) is 83.9 Å². The van der Waals surface area contributed by atoms with Gasteiger partial charge in [0.2, 0.25) is 0 Å². The fourth-order valence-corrected chi connectivity index (χ4v) is 4.32. The first kappa shape index (κ1) is 34.8. The summed E-state index contributed by atoms with van der Waals surface area (Å²) in [6.45, 7) is 23.0. The molecule has 37 heavy (non-hydrogen) atoms. The lowest BCUT2D eigenvalue weighted by Gasteiger charge is -2.23. The Labute approximate surface area is 229 Å². The molecular formula is C35H56O2. The third kappa shape index (κ3) is 21.6. The van der Waals surface area contributed by atoms with Crippen LogP contribution >= 0.6 is 0 Å². The zero-order chi connectivity index (χ0) is 28.2. The molecule has 0 amide bonds. The van der Waals surface area contributed by atoms with Crippen LogP contribution in [0.1, 0.15) is 105 Å². The lowest BCUT2D eigenvalue weighted by atomic mass is 9.82. The number of unbranched alkanes of at least 4 members (excludes halogenated alkanes) is 1. The van der Waals surface area contributed by atoms with Crippen molar-refractivity contribution in [2.24, 2.45) is 10.8 Å². The van der Waals surface area contributed by atoms with Gasteiger partial charge in [-0.15, -0.1) is 6.58 Å². The Morgan fingerprint density at radius 1 is 0.784 bits per heavy atom. The third-order valence-corrected chi connectivity index (χ3v) is 6.13. The molecule has 2 aromatic carbocycles. The molecule has 0 unspecified atom stereocenters. The largest absolute Gasteiger partial charge is 0.381 e. The fraction of sp³-hybridized carbons (Fsp3) is 0.571. The average Bonchev–Trinajstić information content (AvgIpc) is 2.79. The standard InChI is InChI=1S/C18H28O2.C10H20.C7H8/c1-4-5-12-20-13-11-18(2,3)15-17(19)14-16-9-7-6-8-10-16;1-6-7-10(4,5)8-9(2)3;1-7-5-3-2-4-6-7/h6-10H,4-5,11-15H2,1-3H3;2,6-8H2,1,3-5H3;2-6H,1H3. The van der Waals surface area contributed by atoms with Crippen LogP contribution in [-0.4, -0.2) is 19.0 Å². The van der Waals surface area contributed by atoms with Crippen molar-refractivity contribution >= 4 is 5.78 Å². The Bertz CT molecular complexity index is 834. The molecule has 0 heterocycles. The van der Waals surface area contributed by atoms with E-state index in [2.05, 4.69) is 74.1 Å². The maximum absolute atomic E-state index is 12.1. The topological polar surface area (TPSA) is 26.3 Å². The first-order valence-corrected chi connectivity index (χ1v) is 14.2. The number of benzene rings is 2. The second-order valence-corrected chi connectivity index (χ2v) is 12.0. The molecule has 0 aliphatic rings. The van der Waals surface area contributed by atoms with Crippen LogP contribution < -0.4 is 0 Å². The van der Waals surface area contributed by atoms with Gasteiger partial charge in [0.05, 0.1) is 0 Å². The highest BCUT2D eigenvalue weighted by Gasteiger charge is 2.21. The van der Waals surface area contributed by atoms with Gasteiger partial charge in [-0.3, -0.25) is 4.79 Å². The number of hydrogen-bond acceptors (Lipinski definition) is 2. The van der Waals surface area contributed by atoms with Gasteiger partial charge < -0.3 is 4.74 Å². The Morgan fingerprint density at radius 2 is 1.32 bits per heavy atom. The molecule has 0 saturated heterocycles. The van der Waals surface area contributed by atoms with Crippen molar-refractivity contribution < 1.29 is 9.53 Å². The van der Waals surface area contributed by atoms with Gasteiger partial charge in [-0.1, -0.05) is 126 Å². The third-order valence-electron chi connectivity index (χ3n) is 6.13. The van der Waals surface area contributed by atoms with Crippen molar-refractivity contribution in [2.75, 3.05) is 13.2 Å². The summed E-state index contributed by atoms with van der Waals surface area (Å²) in [7, 11) is 0. The Morgan fingerprint density at radius 3 is 1.78 bits per heavy atom. The molecule has 0 N–H and O–H groups in total. The van der Waals surface area contributed by atoms with Crippen LogP contribution in [0.25, 0.3) is 0 Å². The van der Waals surface area contributed by atoms with Gasteiger partial charge in [0.15, 0.2) is 0 Å². The zero-order valence-corrected chi connectivity index (χ0v) is 25.4. The number of rotatable bonds is 14. The molecule has 0 aliphatic heterocycles. The van der Waals surface area contributed by atoms with Crippen LogP contribution in [0.2, 0.25) is 0 Å². The minimum atomic E-state index is 0.0259. The summed E-state index contributed by atoms with van der Waals surface area (Å²) in [5.74, 6) is 0.315. The highest BCUT2D eigenvalue weighted by molar-refractivity contribution is 5.81. The number of allylic oxidation sites excluding steroid dienone is 1. The zero-order valence-electron chi connectivity index (χ0n) is 25.4. The highest BCUT2D eigenvalue weighted by atomic mass is 16.5. The van der Waals surface area contributed by atoms with Gasteiger partial charge in [0.25, 0.3) is 0 Å². The molecule has 0 aliphatic carbocycles. The van der Waals surface area contributed by atoms with Crippen LogP contribution in [-0.2, 0) is 16.0 Å². The van der Waals surface area contributed by atoms with Gasteiger partial charge in [-0.25, -0.2) is 0 Å². The van der Waals surface area contributed by atoms with Gasteiger partial charge in [-0.2, -0.15) is 0 Å². The second kappa shape index (κ2) is 19.9. The van der Waals surface area contributed by atoms with E-state index in [0.717, 1.165) is 31.6 Å². The van der Waals surface area contributed by atoms with E-state index in [4.69, 9.17) is 4.74 Å². The Kier molecular flexibility index (Phi) is 18.7. The van der Waals surface area contributed by atoms with Crippen LogP contribution in [0, 0.1) is 17.8 Å². The fourth-order valence-electron chi connectivity index (χ4n) is 4.32. The summed E-state index contributed by atoms with van der Waals surface area (Å²) >= 11 is 0. The number of aryl methyl sites for hydroxylation is 1. The molecule has 0 fully saturated rings. The van der Waals surface area contributed by atoms with Crippen molar-refractivity contribution in [2.45, 2.75) is 107 Å². The predicted molar refractivity (Wildman–Crippen MR) is 163 cm³/mol. The summed E-state index contributed by atoms with van der Waals surface area (Å²) < 4.78 is 5.60. The molecule has 2 rings (SSSR count). The molecule has 0 saturated carbocycles. The molecule has 0 bridgehead atoms. The first-order valence-electron chi connectivity index (χ1n) is 14.2. The molecular weight excluding hydrogens is 452 g/mol. The maximum Gasteiger partial charge on any atom is 0.137 e. The van der Waals surface area contributed by atoms with Gasteiger partial charge in [0, 0.05) is 26.1 Å². The van der Waals surface area contributed by atoms with E-state index in [1.165, 1.54) is 36.8 Å². The lowest BCUT2D eigenvalue weighted by Crippen LogP contribution is -2.20. The Balaban J connectivity index is 0.000000628. The minimum absolute atomic E-state index is 0.0259. The molecule has 0 atom stereocenters. The van der Waals surface area contributed by atoms with E-state index in [1.807, 2.05) is 48.5 Å². The molecule has 0 radical (unpaired) electrons. The highest BCUT2D eigenvalue weighted by Crippen LogP contribution is 2.29. The number of carbonyl (C=O) groups excluding carboxylic acids is 1. The SMILES string of the molecule is C=C(C)CC(C)(C)CCC.CCCCOCCC(C)(C)CC(=O)Cc1ccccc1.Cc1ccccc1. The van der Waals surface area contributed by atoms with E-state index < -0.39 is 0 Å². The average molecular weight is 509 g/mol. The van der Waals surface area contributed by atoms with Gasteiger partial charge in [-0.05, 0) is 55.9 Å². The Hall–Kier alpha value is -2.19. The number of ketones is 1. The lowest BCUT2D eigenvalue weighted by molar-refractivity contribution is -0.120. The van der Waals surface area contributed by atoms with E-state index >= 15 is 0 Å². The molecule has 2 aromatic rings. The van der Waals surface area contributed by atoms with E-state index in [0.29, 0.717) is 24.0 Å². The van der Waals surface area contributed by atoms with E-state index in [9.17, 15) is 4.79 Å². The molecule has 208 valence electrons. The molecule has 2 nitrogen and oxygen atoms in total. The predicted octanol–water partition coefficient (Wildman–Crippen LogP) is 10.2. The van der Waals surface area contributed by atoms with Crippen molar-refractivity contribution in [3.8, 4) is 0 Å². The van der Waals surface area contributed by atoms with Gasteiger partial charge in [0.1, 0.15) is 5.78 Å². The number of hydrogen-bond donors (Lipinski definition) is 0. The molecule has 0 aromatic heterocycles. The van der Waals surface area contributed by atoms with Crippen LogP contribution in [0.3, 0.4) is 0 Å². The second-order valence-electron chi connectivity index (χ2n) is 12.0. The molecule has 0 spiro atoms. The summed E-state index contributed by atoms with van der Waals surface area (Å²) in [5.41, 5.74) is 4.23. The number of carbonyl (C=O) groups is 1. The summed E-state index contributed by atoms with van der Waals surface area (Å²) in [5, 5.41) is 0. The smallest absolute Gasteiger partial charge is 0.137 e. The van der Waals surface area contributed by atoms with Gasteiger partial charge >= 0.3 is 0 Å². The van der Waals surface area contributed by atoms with Crippen molar-refractivity contribution in [3.63, 3.8) is 0 Å². The normalized spacial score (nSPS) is 11.0. The number of Topliss-reactive ketones (excluding diaryl/α,β-unsaturated/α-hetero) is 1. The summed E-state index contributed by atoms with van der Waals surface area (Å²) in [6.07, 6.45) is 8.14. The van der Waals surface area contributed by atoms with Crippen LogP contribution in [0.5, 0.6) is 0 Å². The summed E-state index contributed by atoms with van der Waals surface area (Å²) in [4.78, 5) is 12.1. The maximum atomic E-state index is 12.1. The quantitative estimate of drug-likeness (QED) is 0.187. The number of ether oxygens (including phenoxy) is 1. The first-order chi connectivity index (χ1) is 17.4. The van der Waals surface area contributed by atoms with Crippen LogP contribution in [0.15, 0.2) is 72.8 Å². The molecule has 2 heteroatoms. The van der Waals surface area contributed by atoms with Crippen molar-refractivity contribution in [1.29, 1.82) is 0 Å². The summed E-state index contributed by atoms with van der Waals surface area (Å²) in [6, 6.07) is 20.2. The van der Waals surface area contributed by atoms with E-state index in [-0.39, 0.29) is 5.41 Å². The minimum Gasteiger partial charge on any atom is -0.381 e. The van der Waals surface area contributed by atoms with Crippen LogP contribution in [0.4, 0.5) is 0 Å². The van der Waals surface area contributed by atoms with E-state index in [1.54, 1.807) is 0 Å². The van der Waals surface area contributed by atoms with Crippen molar-refractivity contribution in [1.82, 2.24) is 0 Å².